The molecule has 0 saturated heterocycles. The third-order valence-electron chi connectivity index (χ3n) is 2.61. The predicted molar refractivity (Wildman–Crippen MR) is 73.0 cm³/mol. The molecule has 4 N–H and O–H groups in total. The molecular formula is C14H14FN3. The van der Waals surface area contributed by atoms with Gasteiger partial charge in [-0.3, -0.25) is 0 Å². The number of para-hydroxylation sites is 1. The largest absolute Gasteiger partial charge is 0.396 e. The third kappa shape index (κ3) is 2.48. The van der Waals surface area contributed by atoms with Crippen molar-refractivity contribution in [3.63, 3.8) is 0 Å². The maximum atomic E-state index is 13.1. The van der Waals surface area contributed by atoms with Crippen LogP contribution in [0.3, 0.4) is 0 Å². The van der Waals surface area contributed by atoms with E-state index in [1.807, 2.05) is 24.3 Å². The van der Waals surface area contributed by atoms with Crippen LogP contribution < -0.4 is 11.1 Å². The second-order valence-corrected chi connectivity index (χ2v) is 4.03. The van der Waals surface area contributed by atoms with E-state index in [1.54, 1.807) is 13.0 Å². The van der Waals surface area contributed by atoms with E-state index in [1.165, 1.54) is 12.1 Å². The molecule has 0 aliphatic rings. The zero-order valence-corrected chi connectivity index (χ0v) is 10.00. The Kier molecular flexibility index (Phi) is 3.28. The highest BCUT2D eigenvalue weighted by Gasteiger charge is 2.05. The molecule has 18 heavy (non-hydrogen) atoms. The van der Waals surface area contributed by atoms with Crippen molar-refractivity contribution in [2.45, 2.75) is 6.92 Å². The monoisotopic (exact) mass is 243 g/mol. The van der Waals surface area contributed by atoms with Gasteiger partial charge in [0.1, 0.15) is 5.82 Å². The van der Waals surface area contributed by atoms with Crippen molar-refractivity contribution in [2.75, 3.05) is 11.1 Å². The molecule has 0 fully saturated rings. The average molecular weight is 243 g/mol. The zero-order chi connectivity index (χ0) is 13.1. The van der Waals surface area contributed by atoms with Crippen LogP contribution in [0.5, 0.6) is 0 Å². The van der Waals surface area contributed by atoms with Gasteiger partial charge in [0.2, 0.25) is 0 Å². The first-order valence-corrected chi connectivity index (χ1v) is 5.54. The molecule has 0 unspecified atom stereocenters. The average Bonchev–Trinajstić information content (AvgIpc) is 2.34. The summed E-state index contributed by atoms with van der Waals surface area (Å²) in [5.41, 5.74) is 8.39. The van der Waals surface area contributed by atoms with Crippen LogP contribution in [0.4, 0.5) is 21.5 Å². The van der Waals surface area contributed by atoms with Crippen molar-refractivity contribution in [1.29, 1.82) is 5.41 Å². The van der Waals surface area contributed by atoms with Crippen LogP contribution in [0, 0.1) is 11.2 Å². The maximum absolute atomic E-state index is 13.1. The van der Waals surface area contributed by atoms with Crippen LogP contribution in [-0.2, 0) is 0 Å². The maximum Gasteiger partial charge on any atom is 0.146 e. The molecule has 0 amide bonds. The van der Waals surface area contributed by atoms with Crippen LogP contribution in [-0.4, -0.2) is 5.71 Å². The van der Waals surface area contributed by atoms with E-state index >= 15 is 0 Å². The number of anilines is 3. The lowest BCUT2D eigenvalue weighted by molar-refractivity contribution is 0.633. The highest BCUT2D eigenvalue weighted by Crippen LogP contribution is 2.23. The van der Waals surface area contributed by atoms with Crippen LogP contribution >= 0.6 is 0 Å². The predicted octanol–water partition coefficient (Wildman–Crippen LogP) is 3.54. The summed E-state index contributed by atoms with van der Waals surface area (Å²) in [5.74, 6) is -0.433. The van der Waals surface area contributed by atoms with Gasteiger partial charge < -0.3 is 16.5 Å². The van der Waals surface area contributed by atoms with Crippen molar-refractivity contribution in [2.24, 2.45) is 0 Å². The number of nitrogens with one attached hydrogen (secondary N) is 2. The second kappa shape index (κ2) is 4.87. The van der Waals surface area contributed by atoms with Crippen LogP contribution in [0.1, 0.15) is 12.5 Å². The van der Waals surface area contributed by atoms with Gasteiger partial charge in [0.15, 0.2) is 0 Å². The van der Waals surface area contributed by atoms with E-state index in [9.17, 15) is 4.39 Å². The minimum Gasteiger partial charge on any atom is -0.396 e. The van der Waals surface area contributed by atoms with Gasteiger partial charge in [-0.15, -0.1) is 0 Å². The molecule has 0 atom stereocenters. The van der Waals surface area contributed by atoms with Gasteiger partial charge in [-0.05, 0) is 31.2 Å². The van der Waals surface area contributed by atoms with E-state index in [0.29, 0.717) is 11.4 Å². The van der Waals surface area contributed by atoms with Gasteiger partial charge in [0.05, 0.1) is 5.69 Å². The molecule has 0 aromatic heterocycles. The van der Waals surface area contributed by atoms with Gasteiger partial charge in [-0.25, -0.2) is 4.39 Å². The highest BCUT2D eigenvalue weighted by molar-refractivity contribution is 6.01. The molecular weight excluding hydrogens is 229 g/mol. The Bertz CT molecular complexity index is 593. The van der Waals surface area contributed by atoms with E-state index < -0.39 is 5.82 Å². The Balaban J connectivity index is 2.34. The molecule has 0 heterocycles. The SMILES string of the molecule is CC(=N)c1ccccc1Nc1ccc(F)c(N)c1. The Hall–Kier alpha value is -2.36. The summed E-state index contributed by atoms with van der Waals surface area (Å²) in [5, 5.41) is 10.8. The lowest BCUT2D eigenvalue weighted by Crippen LogP contribution is -2.01. The van der Waals surface area contributed by atoms with E-state index in [-0.39, 0.29) is 5.69 Å². The number of benzene rings is 2. The van der Waals surface area contributed by atoms with Gasteiger partial charge in [-0.1, -0.05) is 18.2 Å². The molecule has 0 aliphatic heterocycles. The number of halogens is 1. The third-order valence-corrected chi connectivity index (χ3v) is 2.61. The van der Waals surface area contributed by atoms with E-state index in [2.05, 4.69) is 5.32 Å². The topological polar surface area (TPSA) is 61.9 Å². The Labute approximate surface area is 105 Å². The first kappa shape index (κ1) is 12.1. The molecule has 2 aromatic rings. The second-order valence-electron chi connectivity index (χ2n) is 4.03. The van der Waals surface area contributed by atoms with Gasteiger partial charge >= 0.3 is 0 Å². The van der Waals surface area contributed by atoms with Crippen molar-refractivity contribution in [3.05, 3.63) is 53.8 Å². The first-order chi connectivity index (χ1) is 8.58. The first-order valence-electron chi connectivity index (χ1n) is 5.54. The summed E-state index contributed by atoms with van der Waals surface area (Å²) in [4.78, 5) is 0. The Morgan fingerprint density at radius 2 is 1.94 bits per heavy atom. The van der Waals surface area contributed by atoms with Crippen LogP contribution in [0.15, 0.2) is 42.5 Å². The summed E-state index contributed by atoms with van der Waals surface area (Å²) >= 11 is 0. The Morgan fingerprint density at radius 1 is 1.22 bits per heavy atom. The van der Waals surface area contributed by atoms with E-state index in [0.717, 1.165) is 11.3 Å². The lowest BCUT2D eigenvalue weighted by atomic mass is 10.1. The van der Waals surface area contributed by atoms with Crippen LogP contribution in [0.25, 0.3) is 0 Å². The minimum absolute atomic E-state index is 0.101. The lowest BCUT2D eigenvalue weighted by Gasteiger charge is -2.11. The molecule has 92 valence electrons. The smallest absolute Gasteiger partial charge is 0.146 e. The molecule has 3 nitrogen and oxygen atoms in total. The summed E-state index contributed by atoms with van der Waals surface area (Å²) in [6.07, 6.45) is 0. The quantitative estimate of drug-likeness (QED) is 0.570. The standard InChI is InChI=1S/C14H14FN3/c1-9(16)11-4-2-3-5-14(11)18-10-6-7-12(15)13(17)8-10/h2-8,16,18H,17H2,1H3. The van der Waals surface area contributed by atoms with Crippen molar-refractivity contribution in [3.8, 4) is 0 Å². The number of nitrogens with two attached hydrogens (primary N) is 1. The number of hydrogen-bond donors (Lipinski definition) is 3. The Morgan fingerprint density at radius 3 is 2.61 bits per heavy atom. The summed E-state index contributed by atoms with van der Waals surface area (Å²) in [6.45, 7) is 1.72. The highest BCUT2D eigenvalue weighted by atomic mass is 19.1. The molecule has 4 heteroatoms. The van der Waals surface area contributed by atoms with E-state index in [4.69, 9.17) is 11.1 Å². The molecule has 0 saturated carbocycles. The fourth-order valence-electron chi connectivity index (χ4n) is 1.70. The molecule has 0 spiro atoms. The number of nitrogen functional groups attached to an aromatic ring is 1. The summed E-state index contributed by atoms with van der Waals surface area (Å²) < 4.78 is 13.1. The molecule has 2 aromatic carbocycles. The van der Waals surface area contributed by atoms with Gasteiger partial charge in [0, 0.05) is 22.6 Å². The van der Waals surface area contributed by atoms with Crippen LogP contribution in [0.2, 0.25) is 0 Å². The summed E-state index contributed by atoms with van der Waals surface area (Å²) in [6, 6.07) is 11.9. The molecule has 0 aliphatic carbocycles. The fourth-order valence-corrected chi connectivity index (χ4v) is 1.70. The number of rotatable bonds is 3. The molecule has 0 bridgehead atoms. The summed E-state index contributed by atoms with van der Waals surface area (Å²) in [7, 11) is 0. The fraction of sp³-hybridized carbons (Fsp3) is 0.0714. The zero-order valence-electron chi connectivity index (χ0n) is 10.00. The normalized spacial score (nSPS) is 10.1. The van der Waals surface area contributed by atoms with Crippen molar-refractivity contribution in [1.82, 2.24) is 0 Å². The molecule has 0 radical (unpaired) electrons. The van der Waals surface area contributed by atoms with Gasteiger partial charge in [-0.2, -0.15) is 0 Å². The van der Waals surface area contributed by atoms with Crippen molar-refractivity contribution >= 4 is 22.8 Å². The van der Waals surface area contributed by atoms with Gasteiger partial charge in [0.25, 0.3) is 0 Å². The van der Waals surface area contributed by atoms with Crippen molar-refractivity contribution < 1.29 is 4.39 Å². The molecule has 2 rings (SSSR count). The number of hydrogen-bond acceptors (Lipinski definition) is 3. The minimum atomic E-state index is -0.433.